The Morgan fingerprint density at radius 2 is 1.62 bits per heavy atom. The van der Waals surface area contributed by atoms with Crippen molar-refractivity contribution in [2.24, 2.45) is 0 Å². The Balaban J connectivity index is 2.01. The third kappa shape index (κ3) is 4.56. The van der Waals surface area contributed by atoms with Crippen molar-refractivity contribution in [3.63, 3.8) is 0 Å². The molecular weight excluding hydrogens is 352 g/mol. The van der Waals surface area contributed by atoms with E-state index in [9.17, 15) is 8.42 Å². The highest BCUT2D eigenvalue weighted by molar-refractivity contribution is 9.10. The molecule has 0 fully saturated rings. The highest BCUT2D eigenvalue weighted by atomic mass is 79.9. The van der Waals surface area contributed by atoms with Gasteiger partial charge in [-0.15, -0.1) is 0 Å². The van der Waals surface area contributed by atoms with Gasteiger partial charge in [0.05, 0.1) is 4.90 Å². The summed E-state index contributed by atoms with van der Waals surface area (Å²) in [5.41, 5.74) is 2.04. The number of benzene rings is 2. The van der Waals surface area contributed by atoms with Crippen LogP contribution in [0.4, 0.5) is 5.69 Å². The Morgan fingerprint density at radius 1 is 1.00 bits per heavy atom. The number of nitrogens with one attached hydrogen (secondary N) is 2. The topological polar surface area (TPSA) is 58.2 Å². The van der Waals surface area contributed by atoms with Crippen molar-refractivity contribution < 1.29 is 8.42 Å². The van der Waals surface area contributed by atoms with Crippen LogP contribution in [0.2, 0.25) is 0 Å². The summed E-state index contributed by atoms with van der Waals surface area (Å²) in [4.78, 5) is 0.276. The number of hydrogen-bond acceptors (Lipinski definition) is 3. The van der Waals surface area contributed by atoms with Gasteiger partial charge in [-0.25, -0.2) is 13.1 Å². The summed E-state index contributed by atoms with van der Waals surface area (Å²) in [6.07, 6.45) is 0. The summed E-state index contributed by atoms with van der Waals surface area (Å²) < 4.78 is 27.2. The maximum atomic E-state index is 11.8. The van der Waals surface area contributed by atoms with Crippen LogP contribution >= 0.6 is 15.9 Å². The van der Waals surface area contributed by atoms with Gasteiger partial charge in [-0.2, -0.15) is 0 Å². The monoisotopic (exact) mass is 368 g/mol. The van der Waals surface area contributed by atoms with E-state index in [0.717, 1.165) is 15.7 Å². The van der Waals surface area contributed by atoms with Crippen molar-refractivity contribution in [2.75, 3.05) is 11.9 Å². The lowest BCUT2D eigenvalue weighted by Crippen LogP contribution is -2.23. The molecule has 0 heterocycles. The predicted molar refractivity (Wildman–Crippen MR) is 88.8 cm³/mol. The van der Waals surface area contributed by atoms with Gasteiger partial charge in [-0.3, -0.25) is 0 Å². The SMILES string of the molecule is CCNS(=O)(=O)c1ccc(NCc2ccc(Br)cc2)cc1. The van der Waals surface area contributed by atoms with E-state index in [1.807, 2.05) is 24.3 Å². The van der Waals surface area contributed by atoms with Crippen LogP contribution in [0.25, 0.3) is 0 Å². The molecule has 0 unspecified atom stereocenters. The zero-order valence-electron chi connectivity index (χ0n) is 11.6. The van der Waals surface area contributed by atoms with Crippen molar-refractivity contribution in [1.82, 2.24) is 4.72 Å². The molecule has 0 aromatic heterocycles. The first kappa shape index (κ1) is 16.0. The number of rotatable bonds is 6. The minimum absolute atomic E-state index is 0.276. The van der Waals surface area contributed by atoms with Crippen molar-refractivity contribution in [3.05, 3.63) is 58.6 Å². The fourth-order valence-electron chi connectivity index (χ4n) is 1.83. The van der Waals surface area contributed by atoms with Gasteiger partial charge in [-0.05, 0) is 42.0 Å². The second kappa shape index (κ2) is 7.06. The van der Waals surface area contributed by atoms with E-state index in [1.54, 1.807) is 31.2 Å². The number of sulfonamides is 1. The molecule has 0 saturated heterocycles. The molecule has 0 aliphatic heterocycles. The zero-order chi connectivity index (χ0) is 15.3. The van der Waals surface area contributed by atoms with E-state index in [1.165, 1.54) is 0 Å². The van der Waals surface area contributed by atoms with Crippen LogP contribution in [-0.2, 0) is 16.6 Å². The summed E-state index contributed by atoms with van der Waals surface area (Å²) in [5.74, 6) is 0. The fourth-order valence-corrected chi connectivity index (χ4v) is 3.14. The summed E-state index contributed by atoms with van der Waals surface area (Å²) in [6.45, 7) is 2.82. The van der Waals surface area contributed by atoms with Crippen LogP contribution in [0.1, 0.15) is 12.5 Å². The van der Waals surface area contributed by atoms with Crippen LogP contribution in [0.15, 0.2) is 57.9 Å². The lowest BCUT2D eigenvalue weighted by molar-refractivity contribution is 0.584. The molecule has 0 amide bonds. The van der Waals surface area contributed by atoms with Crippen molar-refractivity contribution in [3.8, 4) is 0 Å². The van der Waals surface area contributed by atoms with Crippen LogP contribution in [-0.4, -0.2) is 15.0 Å². The highest BCUT2D eigenvalue weighted by Gasteiger charge is 2.11. The molecule has 2 aromatic carbocycles. The molecule has 2 rings (SSSR count). The maximum absolute atomic E-state index is 11.8. The normalized spacial score (nSPS) is 11.3. The van der Waals surface area contributed by atoms with E-state index < -0.39 is 10.0 Å². The Kier molecular flexibility index (Phi) is 5.39. The molecule has 112 valence electrons. The van der Waals surface area contributed by atoms with E-state index in [-0.39, 0.29) is 4.90 Å². The molecule has 2 N–H and O–H groups in total. The van der Waals surface area contributed by atoms with Crippen LogP contribution in [0, 0.1) is 0 Å². The summed E-state index contributed by atoms with van der Waals surface area (Å²) in [6, 6.07) is 14.8. The molecule has 0 aliphatic rings. The second-order valence-electron chi connectivity index (χ2n) is 4.51. The molecule has 2 aromatic rings. The second-order valence-corrected chi connectivity index (χ2v) is 7.19. The molecule has 0 atom stereocenters. The Hall–Kier alpha value is -1.37. The molecule has 4 nitrogen and oxygen atoms in total. The molecule has 0 aliphatic carbocycles. The predicted octanol–water partition coefficient (Wildman–Crippen LogP) is 3.36. The van der Waals surface area contributed by atoms with Gasteiger partial charge in [0, 0.05) is 23.2 Å². The first-order valence-electron chi connectivity index (χ1n) is 6.59. The Morgan fingerprint density at radius 3 is 2.19 bits per heavy atom. The first-order chi connectivity index (χ1) is 10.0. The van der Waals surface area contributed by atoms with Crippen molar-refractivity contribution >= 4 is 31.6 Å². The van der Waals surface area contributed by atoms with Gasteiger partial charge in [0.25, 0.3) is 0 Å². The first-order valence-corrected chi connectivity index (χ1v) is 8.87. The highest BCUT2D eigenvalue weighted by Crippen LogP contribution is 2.16. The Bertz CT molecular complexity index is 683. The molecule has 0 spiro atoms. The average molecular weight is 369 g/mol. The maximum Gasteiger partial charge on any atom is 0.240 e. The fraction of sp³-hybridized carbons (Fsp3) is 0.200. The van der Waals surface area contributed by atoms with Crippen LogP contribution < -0.4 is 10.0 Å². The van der Waals surface area contributed by atoms with Gasteiger partial charge < -0.3 is 5.32 Å². The van der Waals surface area contributed by atoms with Crippen LogP contribution in [0.3, 0.4) is 0 Å². The minimum atomic E-state index is -3.38. The minimum Gasteiger partial charge on any atom is -0.381 e. The van der Waals surface area contributed by atoms with Gasteiger partial charge in [0.1, 0.15) is 0 Å². The standard InChI is InChI=1S/C15H17BrN2O2S/c1-2-18-21(19,20)15-9-7-14(8-10-15)17-11-12-3-5-13(16)6-4-12/h3-10,17-18H,2,11H2,1H3. The Labute approximate surface area is 133 Å². The largest absolute Gasteiger partial charge is 0.381 e. The van der Waals surface area contributed by atoms with Gasteiger partial charge in [0.15, 0.2) is 0 Å². The number of hydrogen-bond donors (Lipinski definition) is 2. The number of halogens is 1. The summed E-state index contributed by atoms with van der Waals surface area (Å²) >= 11 is 3.40. The van der Waals surface area contributed by atoms with Gasteiger partial charge in [0.2, 0.25) is 10.0 Å². The van der Waals surface area contributed by atoms with E-state index in [2.05, 4.69) is 26.0 Å². The van der Waals surface area contributed by atoms with Gasteiger partial charge >= 0.3 is 0 Å². The van der Waals surface area contributed by atoms with E-state index in [4.69, 9.17) is 0 Å². The molecule has 21 heavy (non-hydrogen) atoms. The lowest BCUT2D eigenvalue weighted by atomic mass is 10.2. The van der Waals surface area contributed by atoms with E-state index >= 15 is 0 Å². The van der Waals surface area contributed by atoms with Crippen molar-refractivity contribution in [2.45, 2.75) is 18.4 Å². The summed E-state index contributed by atoms with van der Waals surface area (Å²) in [5, 5.41) is 3.26. The molecular formula is C15H17BrN2O2S. The smallest absolute Gasteiger partial charge is 0.240 e. The van der Waals surface area contributed by atoms with Gasteiger partial charge in [-0.1, -0.05) is 35.0 Å². The van der Waals surface area contributed by atoms with E-state index in [0.29, 0.717) is 13.1 Å². The van der Waals surface area contributed by atoms with Crippen molar-refractivity contribution in [1.29, 1.82) is 0 Å². The zero-order valence-corrected chi connectivity index (χ0v) is 14.0. The summed E-state index contributed by atoms with van der Waals surface area (Å²) in [7, 11) is -3.38. The molecule has 0 saturated carbocycles. The van der Waals surface area contributed by atoms with Crippen LogP contribution in [0.5, 0.6) is 0 Å². The third-order valence-corrected chi connectivity index (χ3v) is 5.00. The lowest BCUT2D eigenvalue weighted by Gasteiger charge is -2.08. The quantitative estimate of drug-likeness (QED) is 0.821. The number of anilines is 1. The third-order valence-electron chi connectivity index (χ3n) is 2.91. The average Bonchev–Trinajstić information content (AvgIpc) is 2.47. The molecule has 0 radical (unpaired) electrons. The molecule has 6 heteroatoms. The molecule has 0 bridgehead atoms.